The van der Waals surface area contributed by atoms with E-state index < -0.39 is 0 Å². The summed E-state index contributed by atoms with van der Waals surface area (Å²) in [7, 11) is 6.09. The Balaban J connectivity index is 2.28. The molecule has 1 unspecified atom stereocenters. The highest BCUT2D eigenvalue weighted by molar-refractivity contribution is 4.80. The molecule has 0 spiro atoms. The number of methoxy groups -OCH3 is 1. The molecule has 1 aliphatic rings. The first-order chi connectivity index (χ1) is 9.67. The lowest BCUT2D eigenvalue weighted by Gasteiger charge is -2.39. The first-order valence-electron chi connectivity index (χ1n) is 7.98. The molecular formula is C15H34N4O. The third-order valence-corrected chi connectivity index (χ3v) is 3.95. The van der Waals surface area contributed by atoms with Crippen LogP contribution >= 0.6 is 0 Å². The van der Waals surface area contributed by atoms with Gasteiger partial charge < -0.3 is 15.0 Å². The SMILES string of the molecule is CCCNCC(COC)N1CCN(CCN(C)C)CC1. The van der Waals surface area contributed by atoms with Crippen LogP contribution < -0.4 is 5.32 Å². The van der Waals surface area contributed by atoms with Crippen LogP contribution in [0.3, 0.4) is 0 Å². The number of ether oxygens (including phenoxy) is 1. The number of piperazine rings is 1. The van der Waals surface area contributed by atoms with Crippen LogP contribution in [-0.4, -0.2) is 101 Å². The van der Waals surface area contributed by atoms with Gasteiger partial charge in [0.15, 0.2) is 0 Å². The topological polar surface area (TPSA) is 31.0 Å². The Bertz CT molecular complexity index is 230. The van der Waals surface area contributed by atoms with Crippen LogP contribution in [0, 0.1) is 0 Å². The normalized spacial score (nSPS) is 19.6. The van der Waals surface area contributed by atoms with Crippen molar-refractivity contribution in [3.63, 3.8) is 0 Å². The highest BCUT2D eigenvalue weighted by atomic mass is 16.5. The van der Waals surface area contributed by atoms with Gasteiger partial charge in [-0.2, -0.15) is 0 Å². The van der Waals surface area contributed by atoms with Crippen molar-refractivity contribution in [1.82, 2.24) is 20.0 Å². The van der Waals surface area contributed by atoms with Crippen molar-refractivity contribution in [3.8, 4) is 0 Å². The molecule has 0 aliphatic carbocycles. The van der Waals surface area contributed by atoms with Crippen LogP contribution in [0.25, 0.3) is 0 Å². The van der Waals surface area contributed by atoms with E-state index in [1.807, 2.05) is 0 Å². The zero-order chi connectivity index (χ0) is 14.8. The maximum atomic E-state index is 5.39. The molecule has 1 atom stereocenters. The molecule has 5 heteroatoms. The van der Waals surface area contributed by atoms with E-state index in [0.29, 0.717) is 6.04 Å². The van der Waals surface area contributed by atoms with Crippen molar-refractivity contribution in [2.24, 2.45) is 0 Å². The Kier molecular flexibility index (Phi) is 9.39. The zero-order valence-corrected chi connectivity index (χ0v) is 13.9. The summed E-state index contributed by atoms with van der Waals surface area (Å²) in [5.41, 5.74) is 0. The summed E-state index contributed by atoms with van der Waals surface area (Å²) >= 11 is 0. The Hall–Kier alpha value is -0.200. The lowest BCUT2D eigenvalue weighted by molar-refractivity contribution is 0.0480. The van der Waals surface area contributed by atoms with Gasteiger partial charge >= 0.3 is 0 Å². The van der Waals surface area contributed by atoms with E-state index in [4.69, 9.17) is 4.74 Å². The van der Waals surface area contributed by atoms with Crippen molar-refractivity contribution >= 4 is 0 Å². The van der Waals surface area contributed by atoms with Gasteiger partial charge in [0.05, 0.1) is 6.61 Å². The summed E-state index contributed by atoms with van der Waals surface area (Å²) in [5, 5.41) is 3.53. The molecule has 0 radical (unpaired) electrons. The first kappa shape index (κ1) is 17.9. The van der Waals surface area contributed by atoms with Gasteiger partial charge in [-0.3, -0.25) is 9.80 Å². The number of hydrogen-bond acceptors (Lipinski definition) is 5. The van der Waals surface area contributed by atoms with Crippen LogP contribution in [0.4, 0.5) is 0 Å². The van der Waals surface area contributed by atoms with Gasteiger partial charge in [-0.1, -0.05) is 6.92 Å². The molecule has 1 saturated heterocycles. The summed E-state index contributed by atoms with van der Waals surface area (Å²) in [6, 6.07) is 0.516. The quantitative estimate of drug-likeness (QED) is 0.579. The fraction of sp³-hybridized carbons (Fsp3) is 1.00. The molecule has 0 aromatic rings. The minimum atomic E-state index is 0.516. The highest BCUT2D eigenvalue weighted by Gasteiger charge is 2.23. The molecule has 0 aromatic carbocycles. The second-order valence-electron chi connectivity index (χ2n) is 5.99. The van der Waals surface area contributed by atoms with Crippen molar-refractivity contribution in [3.05, 3.63) is 0 Å². The largest absolute Gasteiger partial charge is 0.383 e. The number of nitrogens with zero attached hydrogens (tertiary/aromatic N) is 3. The van der Waals surface area contributed by atoms with Crippen molar-refractivity contribution in [1.29, 1.82) is 0 Å². The fourth-order valence-electron chi connectivity index (χ4n) is 2.62. The third-order valence-electron chi connectivity index (χ3n) is 3.95. The predicted octanol–water partition coefficient (Wildman–Crippen LogP) is 0.180. The predicted molar refractivity (Wildman–Crippen MR) is 85.4 cm³/mol. The molecule has 0 bridgehead atoms. The maximum Gasteiger partial charge on any atom is 0.0630 e. The molecule has 1 aliphatic heterocycles. The van der Waals surface area contributed by atoms with Crippen molar-refractivity contribution < 1.29 is 4.74 Å². The first-order valence-corrected chi connectivity index (χ1v) is 7.98. The molecule has 1 fully saturated rings. The molecule has 0 amide bonds. The van der Waals surface area contributed by atoms with Crippen LogP contribution in [-0.2, 0) is 4.74 Å². The van der Waals surface area contributed by atoms with E-state index in [0.717, 1.165) is 39.3 Å². The molecule has 1 heterocycles. The Morgan fingerprint density at radius 1 is 1.20 bits per heavy atom. The monoisotopic (exact) mass is 286 g/mol. The molecule has 0 aromatic heterocycles. The standard InChI is InChI=1S/C15H34N4O/c1-5-6-16-13-15(14-20-4)19-11-9-18(10-12-19)8-7-17(2)3/h15-16H,5-14H2,1-4H3. The van der Waals surface area contributed by atoms with E-state index in [1.54, 1.807) is 7.11 Å². The second kappa shape index (κ2) is 10.5. The van der Waals surface area contributed by atoms with E-state index in [-0.39, 0.29) is 0 Å². The second-order valence-corrected chi connectivity index (χ2v) is 5.99. The van der Waals surface area contributed by atoms with Crippen molar-refractivity contribution in [2.45, 2.75) is 19.4 Å². The van der Waals surface area contributed by atoms with Gasteiger partial charge in [0.1, 0.15) is 0 Å². The van der Waals surface area contributed by atoms with Crippen molar-refractivity contribution in [2.75, 3.05) is 80.2 Å². The molecule has 1 rings (SSSR count). The zero-order valence-electron chi connectivity index (χ0n) is 13.9. The minimum Gasteiger partial charge on any atom is -0.383 e. The summed E-state index contributed by atoms with van der Waals surface area (Å²) < 4.78 is 5.39. The molecular weight excluding hydrogens is 252 g/mol. The minimum absolute atomic E-state index is 0.516. The van der Waals surface area contributed by atoms with E-state index in [9.17, 15) is 0 Å². The summed E-state index contributed by atoms with van der Waals surface area (Å²) in [4.78, 5) is 7.41. The molecule has 20 heavy (non-hydrogen) atoms. The average molecular weight is 286 g/mol. The summed E-state index contributed by atoms with van der Waals surface area (Å²) in [6.07, 6.45) is 1.19. The fourth-order valence-corrected chi connectivity index (χ4v) is 2.62. The average Bonchev–Trinajstić information content (AvgIpc) is 2.45. The van der Waals surface area contributed by atoms with E-state index in [1.165, 1.54) is 26.1 Å². The Labute approximate surface area is 125 Å². The van der Waals surface area contributed by atoms with Gasteiger partial charge in [0, 0.05) is 59.0 Å². The van der Waals surface area contributed by atoms with Crippen LogP contribution in [0.1, 0.15) is 13.3 Å². The van der Waals surface area contributed by atoms with E-state index in [2.05, 4.69) is 41.0 Å². The van der Waals surface area contributed by atoms with Gasteiger partial charge in [-0.25, -0.2) is 0 Å². The number of likely N-dealkylation sites (N-methyl/N-ethyl adjacent to an activating group) is 1. The number of rotatable bonds is 10. The molecule has 1 N–H and O–H groups in total. The molecule has 0 saturated carbocycles. The van der Waals surface area contributed by atoms with Crippen LogP contribution in [0.5, 0.6) is 0 Å². The smallest absolute Gasteiger partial charge is 0.0630 e. The Morgan fingerprint density at radius 3 is 2.45 bits per heavy atom. The summed E-state index contributed by atoms with van der Waals surface area (Å²) in [5.74, 6) is 0. The van der Waals surface area contributed by atoms with Gasteiger partial charge in [-0.05, 0) is 27.1 Å². The molecule has 120 valence electrons. The Morgan fingerprint density at radius 2 is 1.90 bits per heavy atom. The maximum absolute atomic E-state index is 5.39. The highest BCUT2D eigenvalue weighted by Crippen LogP contribution is 2.07. The van der Waals surface area contributed by atoms with Crippen LogP contribution in [0.2, 0.25) is 0 Å². The number of hydrogen-bond donors (Lipinski definition) is 1. The lowest BCUT2D eigenvalue weighted by Crippen LogP contribution is -2.55. The molecule has 5 nitrogen and oxygen atoms in total. The van der Waals surface area contributed by atoms with Gasteiger partial charge in [0.25, 0.3) is 0 Å². The lowest BCUT2D eigenvalue weighted by atomic mass is 10.2. The van der Waals surface area contributed by atoms with E-state index >= 15 is 0 Å². The third kappa shape index (κ3) is 6.99. The van der Waals surface area contributed by atoms with Gasteiger partial charge in [0.2, 0.25) is 0 Å². The van der Waals surface area contributed by atoms with Gasteiger partial charge in [-0.15, -0.1) is 0 Å². The summed E-state index contributed by atoms with van der Waals surface area (Å²) in [6.45, 7) is 12.2. The number of nitrogens with one attached hydrogen (secondary N) is 1. The van der Waals surface area contributed by atoms with Crippen LogP contribution in [0.15, 0.2) is 0 Å².